The van der Waals surface area contributed by atoms with Gasteiger partial charge in [-0.25, -0.2) is 5.48 Å². The van der Waals surface area contributed by atoms with E-state index in [0.717, 1.165) is 26.2 Å². The highest BCUT2D eigenvalue weighted by Crippen LogP contribution is 2.30. The van der Waals surface area contributed by atoms with Gasteiger partial charge < -0.3 is 9.57 Å². The van der Waals surface area contributed by atoms with Gasteiger partial charge in [-0.15, -0.1) is 0 Å². The van der Waals surface area contributed by atoms with E-state index in [9.17, 15) is 0 Å². The Balaban J connectivity index is 2.20. The molecule has 1 heterocycles. The van der Waals surface area contributed by atoms with E-state index < -0.39 is 0 Å². The van der Waals surface area contributed by atoms with Crippen LogP contribution in [0.1, 0.15) is 13.3 Å². The largest absolute Gasteiger partial charge is 0.380 e. The molecule has 1 rings (SSSR count). The summed E-state index contributed by atoms with van der Waals surface area (Å²) >= 11 is 0. The van der Waals surface area contributed by atoms with Crippen LogP contribution in [-0.2, 0) is 9.57 Å². The second-order valence-electron chi connectivity index (χ2n) is 2.84. The average molecular weight is 145 g/mol. The SMILES string of the molecule is CCC1(CONC)COC1. The molecule has 0 unspecified atom stereocenters. The van der Waals surface area contributed by atoms with Crippen LogP contribution < -0.4 is 5.48 Å². The van der Waals surface area contributed by atoms with Crippen LogP contribution in [0.3, 0.4) is 0 Å². The van der Waals surface area contributed by atoms with Crippen molar-refractivity contribution in [3.05, 3.63) is 0 Å². The van der Waals surface area contributed by atoms with Gasteiger partial charge in [0.25, 0.3) is 0 Å². The molecule has 0 spiro atoms. The van der Waals surface area contributed by atoms with Crippen LogP contribution in [0.2, 0.25) is 0 Å². The zero-order chi connectivity index (χ0) is 7.45. The van der Waals surface area contributed by atoms with E-state index in [0.29, 0.717) is 5.41 Å². The molecule has 10 heavy (non-hydrogen) atoms. The van der Waals surface area contributed by atoms with Gasteiger partial charge in [0.2, 0.25) is 0 Å². The van der Waals surface area contributed by atoms with Crippen LogP contribution in [-0.4, -0.2) is 26.9 Å². The molecule has 3 nitrogen and oxygen atoms in total. The van der Waals surface area contributed by atoms with Crippen molar-refractivity contribution in [1.82, 2.24) is 5.48 Å². The van der Waals surface area contributed by atoms with Gasteiger partial charge in [-0.3, -0.25) is 0 Å². The lowest BCUT2D eigenvalue weighted by Crippen LogP contribution is -2.46. The van der Waals surface area contributed by atoms with Crippen molar-refractivity contribution < 1.29 is 9.57 Å². The predicted molar refractivity (Wildman–Crippen MR) is 38.6 cm³/mol. The molecule has 0 saturated carbocycles. The molecule has 0 atom stereocenters. The van der Waals surface area contributed by atoms with E-state index in [1.54, 1.807) is 7.05 Å². The highest BCUT2D eigenvalue weighted by molar-refractivity contribution is 4.83. The van der Waals surface area contributed by atoms with Gasteiger partial charge >= 0.3 is 0 Å². The number of hydrogen-bond donors (Lipinski definition) is 1. The summed E-state index contributed by atoms with van der Waals surface area (Å²) in [6, 6.07) is 0. The maximum absolute atomic E-state index is 5.12. The van der Waals surface area contributed by atoms with Gasteiger partial charge in [0, 0.05) is 12.5 Å². The lowest BCUT2D eigenvalue weighted by Gasteiger charge is -2.39. The van der Waals surface area contributed by atoms with E-state index in [1.807, 2.05) is 0 Å². The highest BCUT2D eigenvalue weighted by Gasteiger charge is 2.37. The first-order valence-electron chi connectivity index (χ1n) is 3.69. The third-order valence-corrected chi connectivity index (χ3v) is 2.09. The van der Waals surface area contributed by atoms with Gasteiger partial charge in [-0.05, 0) is 6.42 Å². The Hall–Kier alpha value is -0.120. The summed E-state index contributed by atoms with van der Waals surface area (Å²) in [6.07, 6.45) is 1.13. The van der Waals surface area contributed by atoms with Crippen molar-refractivity contribution >= 4 is 0 Å². The van der Waals surface area contributed by atoms with Crippen LogP contribution in [0.4, 0.5) is 0 Å². The molecule has 1 saturated heterocycles. The molecule has 0 aromatic rings. The number of rotatable bonds is 4. The molecular weight excluding hydrogens is 130 g/mol. The van der Waals surface area contributed by atoms with Crippen LogP contribution in [0.25, 0.3) is 0 Å². The molecule has 1 fully saturated rings. The Morgan fingerprint density at radius 3 is 2.60 bits per heavy atom. The summed E-state index contributed by atoms with van der Waals surface area (Å²) in [5.74, 6) is 0. The van der Waals surface area contributed by atoms with Crippen molar-refractivity contribution in [3.63, 3.8) is 0 Å². The van der Waals surface area contributed by atoms with Crippen molar-refractivity contribution in [2.75, 3.05) is 26.9 Å². The number of hydrogen-bond acceptors (Lipinski definition) is 3. The molecule has 0 aromatic heterocycles. The Bertz CT molecular complexity index is 96.3. The molecule has 0 aromatic carbocycles. The van der Waals surface area contributed by atoms with E-state index in [2.05, 4.69) is 12.4 Å². The Morgan fingerprint density at radius 2 is 2.30 bits per heavy atom. The van der Waals surface area contributed by atoms with Crippen LogP contribution in [0.5, 0.6) is 0 Å². The minimum absolute atomic E-state index is 0.309. The van der Waals surface area contributed by atoms with Gasteiger partial charge in [0.15, 0.2) is 0 Å². The molecule has 1 aliphatic rings. The second kappa shape index (κ2) is 3.32. The van der Waals surface area contributed by atoms with Gasteiger partial charge in [-0.1, -0.05) is 6.92 Å². The maximum atomic E-state index is 5.12. The Morgan fingerprint density at radius 1 is 1.60 bits per heavy atom. The highest BCUT2D eigenvalue weighted by atomic mass is 16.6. The Labute approximate surface area is 61.7 Å². The normalized spacial score (nSPS) is 22.2. The second-order valence-corrected chi connectivity index (χ2v) is 2.84. The zero-order valence-electron chi connectivity index (χ0n) is 6.64. The summed E-state index contributed by atoms with van der Waals surface area (Å²) in [6.45, 7) is 4.64. The molecule has 0 bridgehead atoms. The van der Waals surface area contributed by atoms with Crippen LogP contribution >= 0.6 is 0 Å². The first kappa shape index (κ1) is 7.98. The van der Waals surface area contributed by atoms with E-state index >= 15 is 0 Å². The third-order valence-electron chi connectivity index (χ3n) is 2.09. The molecule has 1 N–H and O–H groups in total. The maximum Gasteiger partial charge on any atom is 0.0782 e. The van der Waals surface area contributed by atoms with Crippen molar-refractivity contribution in [2.45, 2.75) is 13.3 Å². The topological polar surface area (TPSA) is 30.5 Å². The van der Waals surface area contributed by atoms with E-state index in [-0.39, 0.29) is 0 Å². The lowest BCUT2D eigenvalue weighted by atomic mass is 9.84. The molecule has 1 aliphatic heterocycles. The number of hydroxylamine groups is 1. The number of ether oxygens (including phenoxy) is 1. The number of nitrogens with one attached hydrogen (secondary N) is 1. The summed E-state index contributed by atoms with van der Waals surface area (Å²) in [7, 11) is 1.78. The predicted octanol–water partition coefficient (Wildman–Crippen LogP) is 0.564. The molecule has 0 radical (unpaired) electrons. The van der Waals surface area contributed by atoms with Gasteiger partial charge in [-0.2, -0.15) is 0 Å². The molecule has 3 heteroatoms. The fourth-order valence-corrected chi connectivity index (χ4v) is 1.01. The summed E-state index contributed by atoms with van der Waals surface area (Å²) < 4.78 is 5.12. The third kappa shape index (κ3) is 1.48. The van der Waals surface area contributed by atoms with Crippen molar-refractivity contribution in [2.24, 2.45) is 5.41 Å². The van der Waals surface area contributed by atoms with Crippen LogP contribution in [0, 0.1) is 5.41 Å². The van der Waals surface area contributed by atoms with Gasteiger partial charge in [0.1, 0.15) is 0 Å². The van der Waals surface area contributed by atoms with E-state index in [4.69, 9.17) is 9.57 Å². The summed E-state index contributed by atoms with van der Waals surface area (Å²) in [5, 5.41) is 0. The fraction of sp³-hybridized carbons (Fsp3) is 1.00. The van der Waals surface area contributed by atoms with Crippen molar-refractivity contribution in [3.8, 4) is 0 Å². The van der Waals surface area contributed by atoms with Crippen LogP contribution in [0.15, 0.2) is 0 Å². The minimum Gasteiger partial charge on any atom is -0.380 e. The zero-order valence-corrected chi connectivity index (χ0v) is 6.64. The van der Waals surface area contributed by atoms with Gasteiger partial charge in [0.05, 0.1) is 19.8 Å². The average Bonchev–Trinajstić information content (AvgIpc) is 1.87. The smallest absolute Gasteiger partial charge is 0.0782 e. The van der Waals surface area contributed by atoms with E-state index in [1.165, 1.54) is 0 Å². The first-order valence-corrected chi connectivity index (χ1v) is 3.69. The molecule has 0 aliphatic carbocycles. The molecular formula is C7H15NO2. The molecule has 60 valence electrons. The monoisotopic (exact) mass is 145 g/mol. The standard InChI is InChI=1S/C7H15NO2/c1-3-7(4-9-5-7)6-10-8-2/h8H,3-6H2,1-2H3. The fourth-order valence-electron chi connectivity index (χ4n) is 1.01. The van der Waals surface area contributed by atoms with Crippen molar-refractivity contribution in [1.29, 1.82) is 0 Å². The molecule has 0 amide bonds. The Kier molecular flexibility index (Phi) is 2.65. The first-order chi connectivity index (χ1) is 4.83. The minimum atomic E-state index is 0.309. The quantitative estimate of drug-likeness (QED) is 0.586. The summed E-state index contributed by atoms with van der Waals surface area (Å²) in [5.41, 5.74) is 2.98. The summed E-state index contributed by atoms with van der Waals surface area (Å²) in [4.78, 5) is 5.10. The lowest BCUT2D eigenvalue weighted by molar-refractivity contribution is -0.161.